The molecule has 0 radical (unpaired) electrons. The van der Waals surface area contributed by atoms with Crippen molar-refractivity contribution in [2.75, 3.05) is 11.9 Å². The molecule has 0 atom stereocenters. The molecule has 0 unspecified atom stereocenters. The Morgan fingerprint density at radius 2 is 2.17 bits per heavy atom. The summed E-state index contributed by atoms with van der Waals surface area (Å²) in [6.45, 7) is 5.98. The predicted molar refractivity (Wildman–Crippen MR) is 91.9 cm³/mol. The zero-order chi connectivity index (χ0) is 16.9. The number of amides is 2. The van der Waals surface area contributed by atoms with Gasteiger partial charge in [-0.25, -0.2) is 19.7 Å². The minimum absolute atomic E-state index is 0.292. The van der Waals surface area contributed by atoms with Gasteiger partial charge in [0.05, 0.1) is 48.4 Å². The number of hydrogen-bond donors (Lipinski definition) is 2. The lowest BCUT2D eigenvalue weighted by molar-refractivity contribution is 0.112. The Morgan fingerprint density at radius 3 is 2.88 bits per heavy atom. The topological polar surface area (TPSA) is 89.0 Å². The molecule has 3 rings (SSSR count). The van der Waals surface area contributed by atoms with E-state index >= 15 is 0 Å². The first-order chi connectivity index (χ1) is 11.6. The van der Waals surface area contributed by atoms with E-state index in [4.69, 9.17) is 4.74 Å². The van der Waals surface area contributed by atoms with E-state index in [1.165, 1.54) is 0 Å². The SMILES string of the molecule is CC(C)Cc1ncc(NC(=O)NCc2nc3c(s2)COCC3)cn1. The molecule has 0 spiro atoms. The van der Waals surface area contributed by atoms with Crippen LogP contribution in [0.4, 0.5) is 10.5 Å². The molecule has 1 aliphatic rings. The van der Waals surface area contributed by atoms with Crippen LogP contribution in [0, 0.1) is 5.92 Å². The Labute approximate surface area is 144 Å². The Bertz CT molecular complexity index is 675. The minimum atomic E-state index is -0.292. The molecule has 2 aromatic heterocycles. The first kappa shape index (κ1) is 16.8. The molecule has 0 saturated heterocycles. The number of fused-ring (bicyclic) bond motifs is 1. The van der Waals surface area contributed by atoms with Gasteiger partial charge in [-0.2, -0.15) is 0 Å². The second-order valence-corrected chi connectivity index (χ2v) is 7.24. The highest BCUT2D eigenvalue weighted by Gasteiger charge is 2.15. The number of anilines is 1. The zero-order valence-corrected chi connectivity index (χ0v) is 14.7. The number of hydrogen-bond acceptors (Lipinski definition) is 6. The Kier molecular flexibility index (Phi) is 5.37. The average Bonchev–Trinajstić information content (AvgIpc) is 2.97. The van der Waals surface area contributed by atoms with Crippen molar-refractivity contribution in [1.82, 2.24) is 20.3 Å². The summed E-state index contributed by atoms with van der Waals surface area (Å²) >= 11 is 1.59. The van der Waals surface area contributed by atoms with Gasteiger partial charge in [-0.15, -0.1) is 11.3 Å². The maximum atomic E-state index is 12.0. The van der Waals surface area contributed by atoms with Crippen LogP contribution in [0.15, 0.2) is 12.4 Å². The first-order valence-electron chi connectivity index (χ1n) is 8.01. The lowest BCUT2D eigenvalue weighted by Crippen LogP contribution is -2.28. The number of urea groups is 1. The molecule has 0 fully saturated rings. The summed E-state index contributed by atoms with van der Waals surface area (Å²) in [5, 5.41) is 6.43. The van der Waals surface area contributed by atoms with Gasteiger partial charge in [0.15, 0.2) is 0 Å². The number of nitrogens with zero attached hydrogens (tertiary/aromatic N) is 3. The van der Waals surface area contributed by atoms with Gasteiger partial charge in [-0.1, -0.05) is 13.8 Å². The van der Waals surface area contributed by atoms with E-state index in [-0.39, 0.29) is 6.03 Å². The number of nitrogens with one attached hydrogen (secondary N) is 2. The summed E-state index contributed by atoms with van der Waals surface area (Å²) in [5.41, 5.74) is 1.67. The predicted octanol–water partition coefficient (Wildman–Crippen LogP) is 2.53. The summed E-state index contributed by atoms with van der Waals surface area (Å²) in [7, 11) is 0. The molecule has 0 bridgehead atoms. The molecule has 2 aromatic rings. The summed E-state index contributed by atoms with van der Waals surface area (Å²) < 4.78 is 5.40. The molecule has 0 aromatic carbocycles. The van der Waals surface area contributed by atoms with Crippen LogP contribution in [-0.4, -0.2) is 27.6 Å². The Balaban J connectivity index is 1.49. The lowest BCUT2D eigenvalue weighted by atomic mass is 10.1. The highest BCUT2D eigenvalue weighted by atomic mass is 32.1. The Hall–Kier alpha value is -2.06. The van der Waals surface area contributed by atoms with Crippen molar-refractivity contribution < 1.29 is 9.53 Å². The molecular weight excluding hydrogens is 326 g/mol. The van der Waals surface area contributed by atoms with Gasteiger partial charge in [-0.3, -0.25) is 0 Å². The molecule has 3 heterocycles. The molecule has 7 nitrogen and oxygen atoms in total. The number of thiazole rings is 1. The van der Waals surface area contributed by atoms with Crippen molar-refractivity contribution in [2.45, 2.75) is 39.8 Å². The van der Waals surface area contributed by atoms with E-state index in [1.807, 2.05) is 0 Å². The third-order valence-electron chi connectivity index (χ3n) is 3.49. The van der Waals surface area contributed by atoms with Crippen LogP contribution < -0.4 is 10.6 Å². The highest BCUT2D eigenvalue weighted by molar-refractivity contribution is 7.11. The van der Waals surface area contributed by atoms with Crippen LogP contribution in [-0.2, 0) is 30.7 Å². The third-order valence-corrected chi connectivity index (χ3v) is 4.56. The van der Waals surface area contributed by atoms with Gasteiger partial charge < -0.3 is 15.4 Å². The average molecular weight is 347 g/mol. The summed E-state index contributed by atoms with van der Waals surface area (Å²) in [4.78, 5) is 26.2. The zero-order valence-electron chi connectivity index (χ0n) is 13.8. The minimum Gasteiger partial charge on any atom is -0.375 e. The molecule has 128 valence electrons. The van der Waals surface area contributed by atoms with Crippen LogP contribution in [0.5, 0.6) is 0 Å². The molecule has 1 aliphatic heterocycles. The number of rotatable bonds is 5. The van der Waals surface area contributed by atoms with E-state index in [0.717, 1.165) is 40.9 Å². The fraction of sp³-hybridized carbons (Fsp3) is 0.500. The largest absolute Gasteiger partial charge is 0.375 e. The second-order valence-electron chi connectivity index (χ2n) is 6.07. The smallest absolute Gasteiger partial charge is 0.319 e. The molecule has 0 saturated carbocycles. The van der Waals surface area contributed by atoms with E-state index in [1.54, 1.807) is 23.7 Å². The molecule has 2 amide bonds. The maximum Gasteiger partial charge on any atom is 0.319 e. The number of ether oxygens (including phenoxy) is 1. The molecular formula is C16H21N5O2S. The van der Waals surface area contributed by atoms with Crippen LogP contribution in [0.3, 0.4) is 0 Å². The van der Waals surface area contributed by atoms with Crippen LogP contribution >= 0.6 is 11.3 Å². The quantitative estimate of drug-likeness (QED) is 0.867. The van der Waals surface area contributed by atoms with Crippen molar-refractivity contribution in [3.8, 4) is 0 Å². The van der Waals surface area contributed by atoms with Gasteiger partial charge in [0.2, 0.25) is 0 Å². The highest BCUT2D eigenvalue weighted by Crippen LogP contribution is 2.23. The van der Waals surface area contributed by atoms with Crippen molar-refractivity contribution in [3.63, 3.8) is 0 Å². The van der Waals surface area contributed by atoms with Gasteiger partial charge in [0, 0.05) is 12.8 Å². The van der Waals surface area contributed by atoms with Gasteiger partial charge in [0.25, 0.3) is 0 Å². The van der Waals surface area contributed by atoms with Gasteiger partial charge >= 0.3 is 6.03 Å². The van der Waals surface area contributed by atoms with Crippen molar-refractivity contribution >= 4 is 23.1 Å². The molecule has 2 N–H and O–H groups in total. The lowest BCUT2D eigenvalue weighted by Gasteiger charge is -2.08. The number of aromatic nitrogens is 3. The van der Waals surface area contributed by atoms with Gasteiger partial charge in [-0.05, 0) is 5.92 Å². The Morgan fingerprint density at radius 1 is 1.38 bits per heavy atom. The molecule has 8 heteroatoms. The molecule has 24 heavy (non-hydrogen) atoms. The fourth-order valence-electron chi connectivity index (χ4n) is 2.38. The van der Waals surface area contributed by atoms with E-state index in [0.29, 0.717) is 24.8 Å². The van der Waals surface area contributed by atoms with E-state index in [9.17, 15) is 4.79 Å². The normalized spacial score (nSPS) is 13.6. The monoisotopic (exact) mass is 347 g/mol. The second kappa shape index (κ2) is 7.67. The van der Waals surface area contributed by atoms with E-state index < -0.39 is 0 Å². The standard InChI is InChI=1S/C16H21N5O2S/c1-10(2)5-14-17-6-11(7-18-14)20-16(22)19-8-15-21-12-3-4-23-9-13(12)24-15/h6-7,10H,3-5,8-9H2,1-2H3,(H2,19,20,22). The van der Waals surface area contributed by atoms with Crippen LogP contribution in [0.25, 0.3) is 0 Å². The summed E-state index contributed by atoms with van der Waals surface area (Å²) in [5.74, 6) is 1.29. The number of carbonyl (C=O) groups excluding carboxylic acids is 1. The van der Waals surface area contributed by atoms with Crippen LogP contribution in [0.1, 0.15) is 35.3 Å². The number of carbonyl (C=O) groups is 1. The fourth-order valence-corrected chi connectivity index (χ4v) is 3.37. The van der Waals surface area contributed by atoms with Crippen molar-refractivity contribution in [3.05, 3.63) is 33.8 Å². The van der Waals surface area contributed by atoms with Crippen LogP contribution in [0.2, 0.25) is 0 Å². The van der Waals surface area contributed by atoms with Crippen molar-refractivity contribution in [2.24, 2.45) is 5.92 Å². The summed E-state index contributed by atoms with van der Waals surface area (Å²) in [6.07, 6.45) is 4.93. The molecule has 0 aliphatic carbocycles. The first-order valence-corrected chi connectivity index (χ1v) is 8.83. The third kappa shape index (κ3) is 4.48. The van der Waals surface area contributed by atoms with E-state index in [2.05, 4.69) is 39.4 Å². The van der Waals surface area contributed by atoms with Crippen molar-refractivity contribution in [1.29, 1.82) is 0 Å². The maximum absolute atomic E-state index is 12.0. The summed E-state index contributed by atoms with van der Waals surface area (Å²) in [6, 6.07) is -0.292. The van der Waals surface area contributed by atoms with Gasteiger partial charge in [0.1, 0.15) is 10.8 Å².